The summed E-state index contributed by atoms with van der Waals surface area (Å²) in [5, 5.41) is 9.64. The van der Waals surface area contributed by atoms with Crippen LogP contribution in [0.15, 0.2) is 0 Å². The van der Waals surface area contributed by atoms with E-state index in [1.807, 2.05) is 0 Å². The summed E-state index contributed by atoms with van der Waals surface area (Å²) in [4.78, 5) is 14.0. The number of hydrogen-bond acceptors (Lipinski definition) is 3. The van der Waals surface area contributed by atoms with Gasteiger partial charge < -0.3 is 9.84 Å². The molecule has 0 aromatic rings. The molecule has 4 heteroatoms. The van der Waals surface area contributed by atoms with Gasteiger partial charge >= 0.3 is 5.97 Å². The number of carbonyl (C=O) groups is 1. The van der Waals surface area contributed by atoms with Gasteiger partial charge in [0.05, 0.1) is 5.60 Å². The molecule has 3 unspecified atom stereocenters. The minimum atomic E-state index is -0.625. The van der Waals surface area contributed by atoms with Crippen molar-refractivity contribution in [2.45, 2.75) is 82.4 Å². The number of piperidine rings is 1. The number of hydrogen-bond donors (Lipinski definition) is 1. The van der Waals surface area contributed by atoms with Crippen LogP contribution < -0.4 is 0 Å². The molecule has 3 fully saturated rings. The van der Waals surface area contributed by atoms with Crippen molar-refractivity contribution in [1.82, 2.24) is 4.90 Å². The van der Waals surface area contributed by atoms with Crippen LogP contribution in [0, 0.1) is 5.92 Å². The zero-order valence-corrected chi connectivity index (χ0v) is 13.2. The van der Waals surface area contributed by atoms with E-state index in [-0.39, 0.29) is 11.6 Å². The van der Waals surface area contributed by atoms with Gasteiger partial charge in [0.1, 0.15) is 6.04 Å². The van der Waals surface area contributed by atoms with Crippen molar-refractivity contribution in [2.75, 3.05) is 13.2 Å². The lowest BCUT2D eigenvalue weighted by Crippen LogP contribution is -2.56. The summed E-state index contributed by atoms with van der Waals surface area (Å²) in [6, 6.07) is 0.140. The predicted molar refractivity (Wildman–Crippen MR) is 81.3 cm³/mol. The highest BCUT2D eigenvalue weighted by molar-refractivity contribution is 5.73. The molecule has 3 atom stereocenters. The minimum absolute atomic E-state index is 0.0770. The third-order valence-electron chi connectivity index (χ3n) is 6.07. The van der Waals surface area contributed by atoms with Crippen LogP contribution >= 0.6 is 0 Å². The number of rotatable bonds is 3. The molecular formula is C17H29NO3. The van der Waals surface area contributed by atoms with Crippen molar-refractivity contribution in [1.29, 1.82) is 0 Å². The van der Waals surface area contributed by atoms with Gasteiger partial charge in [-0.05, 0) is 51.0 Å². The molecule has 1 spiro atoms. The first-order chi connectivity index (χ1) is 10.1. The third-order valence-corrected chi connectivity index (χ3v) is 6.07. The lowest BCUT2D eigenvalue weighted by Gasteiger charge is -2.47. The average molecular weight is 295 g/mol. The van der Waals surface area contributed by atoms with Gasteiger partial charge in [0.25, 0.3) is 0 Å². The summed E-state index contributed by atoms with van der Waals surface area (Å²) < 4.78 is 6.11. The molecule has 1 N–H and O–H groups in total. The maximum Gasteiger partial charge on any atom is 0.320 e. The zero-order chi connectivity index (χ0) is 14.9. The number of nitrogens with zero attached hydrogens (tertiary/aromatic N) is 1. The van der Waals surface area contributed by atoms with E-state index in [4.69, 9.17) is 4.74 Å². The van der Waals surface area contributed by atoms with Crippen LogP contribution in [0.4, 0.5) is 0 Å². The molecule has 2 aliphatic heterocycles. The molecule has 2 heterocycles. The molecule has 0 aromatic heterocycles. The van der Waals surface area contributed by atoms with Crippen LogP contribution in [0.5, 0.6) is 0 Å². The summed E-state index contributed by atoms with van der Waals surface area (Å²) in [5.74, 6) is -0.0391. The topological polar surface area (TPSA) is 49.8 Å². The highest BCUT2D eigenvalue weighted by Crippen LogP contribution is 2.42. The Kier molecular flexibility index (Phi) is 4.55. The van der Waals surface area contributed by atoms with Crippen LogP contribution in [-0.2, 0) is 9.53 Å². The molecule has 0 bridgehead atoms. The Hall–Kier alpha value is -0.610. The summed E-state index contributed by atoms with van der Waals surface area (Å²) in [6.45, 7) is 3.95. The van der Waals surface area contributed by atoms with Gasteiger partial charge in [0.15, 0.2) is 0 Å². The molecule has 4 nitrogen and oxygen atoms in total. The van der Waals surface area contributed by atoms with Crippen molar-refractivity contribution in [3.63, 3.8) is 0 Å². The van der Waals surface area contributed by atoms with Gasteiger partial charge in [-0.25, -0.2) is 0 Å². The van der Waals surface area contributed by atoms with Crippen LogP contribution in [0.3, 0.4) is 0 Å². The number of carboxylic acids is 1. The standard InChI is InChI=1S/C17H29NO3/c1-2-13-5-9-18(15(11-13)16(19)20)14-6-10-21-17(12-14)7-3-4-8-17/h13-15H,2-12H2,1H3,(H,19,20). The molecule has 21 heavy (non-hydrogen) atoms. The van der Waals surface area contributed by atoms with Crippen molar-refractivity contribution < 1.29 is 14.6 Å². The number of carboxylic acid groups (broad SMARTS) is 1. The minimum Gasteiger partial charge on any atom is -0.480 e. The zero-order valence-electron chi connectivity index (χ0n) is 13.2. The van der Waals surface area contributed by atoms with Gasteiger partial charge in [0.2, 0.25) is 0 Å². The van der Waals surface area contributed by atoms with Crippen LogP contribution in [0.2, 0.25) is 0 Å². The largest absolute Gasteiger partial charge is 0.480 e. The molecule has 3 aliphatic rings. The second-order valence-corrected chi connectivity index (χ2v) is 7.28. The van der Waals surface area contributed by atoms with Gasteiger partial charge in [-0.15, -0.1) is 0 Å². The molecular weight excluding hydrogens is 266 g/mol. The monoisotopic (exact) mass is 295 g/mol. The molecule has 1 saturated carbocycles. The SMILES string of the molecule is CCC1CCN(C2CCOC3(CCCC3)C2)C(C(=O)O)C1. The average Bonchev–Trinajstić information content (AvgIpc) is 2.94. The Morgan fingerprint density at radius 2 is 2.10 bits per heavy atom. The molecule has 1 aliphatic carbocycles. The van der Waals surface area contributed by atoms with E-state index in [9.17, 15) is 9.90 Å². The van der Waals surface area contributed by atoms with E-state index < -0.39 is 5.97 Å². The quantitative estimate of drug-likeness (QED) is 0.869. The second-order valence-electron chi connectivity index (χ2n) is 7.28. The second kappa shape index (κ2) is 6.25. The van der Waals surface area contributed by atoms with Crippen molar-refractivity contribution >= 4 is 5.97 Å². The fraction of sp³-hybridized carbons (Fsp3) is 0.941. The highest BCUT2D eigenvalue weighted by atomic mass is 16.5. The first-order valence-corrected chi connectivity index (χ1v) is 8.76. The van der Waals surface area contributed by atoms with Crippen molar-refractivity contribution in [2.24, 2.45) is 5.92 Å². The van der Waals surface area contributed by atoms with Crippen LogP contribution in [0.25, 0.3) is 0 Å². The van der Waals surface area contributed by atoms with Gasteiger partial charge in [-0.3, -0.25) is 9.69 Å². The maximum atomic E-state index is 11.7. The molecule has 0 amide bonds. The summed E-state index contributed by atoms with van der Waals surface area (Å²) in [5.41, 5.74) is 0.0770. The van der Waals surface area contributed by atoms with Crippen LogP contribution in [0.1, 0.15) is 64.7 Å². The summed E-state index contributed by atoms with van der Waals surface area (Å²) in [7, 11) is 0. The number of aliphatic carboxylic acids is 1. The Morgan fingerprint density at radius 1 is 1.33 bits per heavy atom. The van der Waals surface area contributed by atoms with Gasteiger partial charge in [-0.1, -0.05) is 26.2 Å². The Bertz CT molecular complexity index is 378. The van der Waals surface area contributed by atoms with Crippen molar-refractivity contribution in [3.05, 3.63) is 0 Å². The molecule has 0 radical (unpaired) electrons. The van der Waals surface area contributed by atoms with E-state index in [0.29, 0.717) is 12.0 Å². The molecule has 2 saturated heterocycles. The first-order valence-electron chi connectivity index (χ1n) is 8.76. The van der Waals surface area contributed by atoms with E-state index in [1.165, 1.54) is 25.7 Å². The van der Waals surface area contributed by atoms with E-state index >= 15 is 0 Å². The highest BCUT2D eigenvalue weighted by Gasteiger charge is 2.44. The van der Waals surface area contributed by atoms with Gasteiger partial charge in [-0.2, -0.15) is 0 Å². The summed E-state index contributed by atoms with van der Waals surface area (Å²) in [6.07, 6.45) is 10.0. The van der Waals surface area contributed by atoms with E-state index in [2.05, 4.69) is 11.8 Å². The fourth-order valence-corrected chi connectivity index (χ4v) is 4.76. The Morgan fingerprint density at radius 3 is 2.76 bits per heavy atom. The van der Waals surface area contributed by atoms with Crippen molar-refractivity contribution in [3.8, 4) is 0 Å². The van der Waals surface area contributed by atoms with E-state index in [1.54, 1.807) is 0 Å². The summed E-state index contributed by atoms with van der Waals surface area (Å²) >= 11 is 0. The number of ether oxygens (including phenoxy) is 1. The molecule has 120 valence electrons. The van der Waals surface area contributed by atoms with Crippen LogP contribution in [-0.4, -0.2) is 46.8 Å². The molecule has 3 rings (SSSR count). The predicted octanol–water partition coefficient (Wildman–Crippen LogP) is 3.05. The molecule has 0 aromatic carbocycles. The number of likely N-dealkylation sites (tertiary alicyclic amines) is 1. The normalized spacial score (nSPS) is 36.9. The maximum absolute atomic E-state index is 11.7. The first kappa shape index (κ1) is 15.3. The van der Waals surface area contributed by atoms with Gasteiger partial charge in [0, 0.05) is 12.6 Å². The Labute approximate surface area is 127 Å². The van der Waals surface area contributed by atoms with E-state index in [0.717, 1.165) is 45.3 Å². The third kappa shape index (κ3) is 3.11. The smallest absolute Gasteiger partial charge is 0.320 e. The fourth-order valence-electron chi connectivity index (χ4n) is 4.76. The lowest BCUT2D eigenvalue weighted by molar-refractivity contribution is -0.152. The Balaban J connectivity index is 1.70. The lowest BCUT2D eigenvalue weighted by atomic mass is 9.83.